The van der Waals surface area contributed by atoms with Gasteiger partial charge in [-0.1, -0.05) is 146 Å². The van der Waals surface area contributed by atoms with Crippen LogP contribution in [0.5, 0.6) is 0 Å². The molecule has 0 amide bonds. The molecule has 9 aromatic rings. The number of furan rings is 1. The molecule has 0 aliphatic rings. The van der Waals surface area contributed by atoms with Crippen molar-refractivity contribution in [2.24, 2.45) is 0 Å². The van der Waals surface area contributed by atoms with Gasteiger partial charge in [0.25, 0.3) is 0 Å². The van der Waals surface area contributed by atoms with Crippen LogP contribution in [0.4, 0.5) is 0 Å². The zero-order valence-electron chi connectivity index (χ0n) is 26.6. The van der Waals surface area contributed by atoms with Gasteiger partial charge in [0, 0.05) is 16.5 Å². The average molecular weight is 627 g/mol. The fourth-order valence-electron chi connectivity index (χ4n) is 6.62. The fraction of sp³-hybridized carbons (Fsp3) is 0. The molecule has 3 heteroatoms. The normalized spacial score (nSPS) is 11.3. The van der Waals surface area contributed by atoms with Gasteiger partial charge in [-0.3, -0.25) is 0 Å². The minimum atomic E-state index is 0.660. The van der Waals surface area contributed by atoms with Gasteiger partial charge in [0.1, 0.15) is 16.8 Å². The van der Waals surface area contributed by atoms with E-state index in [2.05, 4.69) is 158 Å². The summed E-state index contributed by atoms with van der Waals surface area (Å²) in [5, 5.41) is 0.975. The van der Waals surface area contributed by atoms with Crippen molar-refractivity contribution in [3.8, 4) is 67.2 Å². The van der Waals surface area contributed by atoms with E-state index >= 15 is 0 Å². The van der Waals surface area contributed by atoms with Crippen LogP contribution < -0.4 is 0 Å². The van der Waals surface area contributed by atoms with E-state index in [-0.39, 0.29) is 0 Å². The monoisotopic (exact) mass is 626 g/mol. The van der Waals surface area contributed by atoms with Crippen molar-refractivity contribution in [3.63, 3.8) is 0 Å². The van der Waals surface area contributed by atoms with Gasteiger partial charge < -0.3 is 4.42 Å². The van der Waals surface area contributed by atoms with E-state index in [1.807, 2.05) is 24.3 Å². The zero-order chi connectivity index (χ0) is 32.6. The standard InChI is InChI=1S/C46H30N2O/c1-3-13-31(14-4-1)33-17-9-19-35(27-33)36-20-10-21-37(28-36)38-22-12-24-40(30-38)46-47-43(45-44(48-46)41-25-7-8-26-42(41)49-45)39-23-11-18-34(29-39)32-15-5-2-6-16-32/h1-30H. The van der Waals surface area contributed by atoms with Crippen LogP contribution in [0.25, 0.3) is 89.2 Å². The second-order valence-electron chi connectivity index (χ2n) is 12.2. The number of benzene rings is 7. The number of para-hydroxylation sites is 1. The molecule has 0 spiro atoms. The molecule has 230 valence electrons. The van der Waals surface area contributed by atoms with E-state index in [1.54, 1.807) is 0 Å². The van der Waals surface area contributed by atoms with E-state index in [4.69, 9.17) is 14.4 Å². The highest BCUT2D eigenvalue weighted by atomic mass is 16.3. The lowest BCUT2D eigenvalue weighted by Crippen LogP contribution is -1.94. The van der Waals surface area contributed by atoms with Crippen molar-refractivity contribution < 1.29 is 4.42 Å². The molecule has 0 saturated carbocycles. The molecule has 7 aromatic carbocycles. The lowest BCUT2D eigenvalue weighted by atomic mass is 9.95. The Bertz CT molecular complexity index is 2600. The average Bonchev–Trinajstić information content (AvgIpc) is 3.57. The summed E-state index contributed by atoms with van der Waals surface area (Å²) in [7, 11) is 0. The summed E-state index contributed by atoms with van der Waals surface area (Å²) >= 11 is 0. The molecular weight excluding hydrogens is 597 g/mol. The highest BCUT2D eigenvalue weighted by Crippen LogP contribution is 2.37. The fourth-order valence-corrected chi connectivity index (χ4v) is 6.62. The molecule has 0 bridgehead atoms. The first kappa shape index (κ1) is 28.6. The molecule has 0 fully saturated rings. The Morgan fingerprint density at radius 3 is 1.31 bits per heavy atom. The molecule has 0 saturated heterocycles. The van der Waals surface area contributed by atoms with Gasteiger partial charge in [0.15, 0.2) is 11.4 Å². The Kier molecular flexibility index (Phi) is 7.14. The number of nitrogens with zero attached hydrogens (tertiary/aromatic N) is 2. The molecule has 49 heavy (non-hydrogen) atoms. The highest BCUT2D eigenvalue weighted by Gasteiger charge is 2.19. The summed E-state index contributed by atoms with van der Waals surface area (Å²) in [5.74, 6) is 0.660. The van der Waals surface area contributed by atoms with Gasteiger partial charge in [0.05, 0.1) is 0 Å². The van der Waals surface area contributed by atoms with Crippen LogP contribution >= 0.6 is 0 Å². The Balaban J connectivity index is 1.15. The SMILES string of the molecule is c1ccc(-c2cccc(-c3cccc(-c4cccc(-c5nc(-c6cccc(-c7ccccc7)c6)c6oc7ccccc7c6n5)c4)c3)c2)cc1. The number of hydrogen-bond donors (Lipinski definition) is 0. The largest absolute Gasteiger partial charge is 0.452 e. The minimum absolute atomic E-state index is 0.660. The van der Waals surface area contributed by atoms with Gasteiger partial charge in [0.2, 0.25) is 0 Å². The predicted molar refractivity (Wildman–Crippen MR) is 202 cm³/mol. The van der Waals surface area contributed by atoms with E-state index < -0.39 is 0 Å². The molecule has 2 heterocycles. The Hall–Kier alpha value is -6.58. The third-order valence-electron chi connectivity index (χ3n) is 9.08. The molecule has 0 radical (unpaired) electrons. The molecule has 0 atom stereocenters. The molecular formula is C46H30N2O. The van der Waals surface area contributed by atoms with E-state index in [0.29, 0.717) is 11.4 Å². The van der Waals surface area contributed by atoms with E-state index in [1.165, 1.54) is 22.3 Å². The third kappa shape index (κ3) is 5.48. The number of fused-ring (bicyclic) bond motifs is 3. The third-order valence-corrected chi connectivity index (χ3v) is 9.08. The van der Waals surface area contributed by atoms with Gasteiger partial charge >= 0.3 is 0 Å². The van der Waals surface area contributed by atoms with Crippen molar-refractivity contribution in [1.82, 2.24) is 9.97 Å². The molecule has 0 N–H and O–H groups in total. The second kappa shape index (κ2) is 12.2. The Labute approximate surface area is 284 Å². The Morgan fingerprint density at radius 1 is 0.327 bits per heavy atom. The predicted octanol–water partition coefficient (Wildman–Crippen LogP) is 12.4. The van der Waals surface area contributed by atoms with Crippen LogP contribution in [0.3, 0.4) is 0 Å². The smallest absolute Gasteiger partial charge is 0.180 e. The van der Waals surface area contributed by atoms with E-state index in [0.717, 1.165) is 55.6 Å². The maximum Gasteiger partial charge on any atom is 0.180 e. The zero-order valence-corrected chi connectivity index (χ0v) is 26.6. The summed E-state index contributed by atoms with van der Waals surface area (Å²) in [6.07, 6.45) is 0. The quantitative estimate of drug-likeness (QED) is 0.184. The first-order chi connectivity index (χ1) is 24.3. The van der Waals surface area contributed by atoms with Crippen molar-refractivity contribution >= 4 is 22.1 Å². The molecule has 9 rings (SSSR count). The molecule has 3 nitrogen and oxygen atoms in total. The van der Waals surface area contributed by atoms with Crippen LogP contribution in [0.15, 0.2) is 186 Å². The number of hydrogen-bond acceptors (Lipinski definition) is 3. The van der Waals surface area contributed by atoms with Gasteiger partial charge in [-0.25, -0.2) is 9.97 Å². The van der Waals surface area contributed by atoms with Crippen LogP contribution in [-0.4, -0.2) is 9.97 Å². The maximum absolute atomic E-state index is 6.43. The summed E-state index contributed by atoms with van der Waals surface area (Å²) in [4.78, 5) is 10.3. The summed E-state index contributed by atoms with van der Waals surface area (Å²) in [5.41, 5.74) is 14.3. The molecule has 0 unspecified atom stereocenters. The lowest BCUT2D eigenvalue weighted by Gasteiger charge is -2.11. The molecule has 0 aliphatic carbocycles. The molecule has 0 aliphatic heterocycles. The summed E-state index contributed by atoms with van der Waals surface area (Å²) < 4.78 is 6.43. The van der Waals surface area contributed by atoms with Gasteiger partial charge in [-0.2, -0.15) is 0 Å². The number of rotatable bonds is 6. The highest BCUT2D eigenvalue weighted by molar-refractivity contribution is 6.07. The van der Waals surface area contributed by atoms with Crippen molar-refractivity contribution in [3.05, 3.63) is 182 Å². The van der Waals surface area contributed by atoms with E-state index in [9.17, 15) is 0 Å². The van der Waals surface area contributed by atoms with Crippen LogP contribution in [0.1, 0.15) is 0 Å². The first-order valence-electron chi connectivity index (χ1n) is 16.5. The minimum Gasteiger partial charge on any atom is -0.452 e. The topological polar surface area (TPSA) is 38.9 Å². The summed E-state index contributed by atoms with van der Waals surface area (Å²) in [6, 6.07) is 63.5. The van der Waals surface area contributed by atoms with Crippen molar-refractivity contribution in [2.45, 2.75) is 0 Å². The Morgan fingerprint density at radius 2 is 0.735 bits per heavy atom. The molecule has 2 aromatic heterocycles. The maximum atomic E-state index is 6.43. The van der Waals surface area contributed by atoms with Crippen LogP contribution in [0, 0.1) is 0 Å². The van der Waals surface area contributed by atoms with Crippen LogP contribution in [-0.2, 0) is 0 Å². The van der Waals surface area contributed by atoms with Crippen molar-refractivity contribution in [1.29, 1.82) is 0 Å². The lowest BCUT2D eigenvalue weighted by molar-refractivity contribution is 0.667. The first-order valence-corrected chi connectivity index (χ1v) is 16.5. The van der Waals surface area contributed by atoms with Gasteiger partial charge in [-0.15, -0.1) is 0 Å². The second-order valence-corrected chi connectivity index (χ2v) is 12.2. The summed E-state index contributed by atoms with van der Waals surface area (Å²) in [6.45, 7) is 0. The van der Waals surface area contributed by atoms with Crippen molar-refractivity contribution in [2.75, 3.05) is 0 Å². The van der Waals surface area contributed by atoms with Crippen LogP contribution in [0.2, 0.25) is 0 Å². The number of aromatic nitrogens is 2. The van der Waals surface area contributed by atoms with Gasteiger partial charge in [-0.05, 0) is 80.9 Å².